The van der Waals surface area contributed by atoms with Crippen molar-refractivity contribution >= 4 is 28.5 Å². The number of likely N-dealkylation sites (tertiary alicyclic amines) is 1. The van der Waals surface area contributed by atoms with Crippen molar-refractivity contribution in [1.82, 2.24) is 14.5 Å². The molecule has 4 heterocycles. The third-order valence-corrected chi connectivity index (χ3v) is 5.76. The second kappa shape index (κ2) is 5.15. The van der Waals surface area contributed by atoms with Crippen LogP contribution in [-0.4, -0.2) is 38.9 Å². The minimum Gasteiger partial charge on any atom is -0.333 e. The van der Waals surface area contributed by atoms with Crippen LogP contribution in [0.2, 0.25) is 5.02 Å². The van der Waals surface area contributed by atoms with Crippen molar-refractivity contribution in [2.45, 2.75) is 51.6 Å². The van der Waals surface area contributed by atoms with Crippen LogP contribution in [0.4, 0.5) is 8.78 Å². The molecule has 2 aromatic heterocycles. The molecule has 0 spiro atoms. The van der Waals surface area contributed by atoms with E-state index in [1.54, 1.807) is 4.57 Å². The number of fused-ring (bicyclic) bond motifs is 3. The van der Waals surface area contributed by atoms with E-state index in [2.05, 4.69) is 4.98 Å². The van der Waals surface area contributed by atoms with Crippen LogP contribution < -0.4 is 0 Å². The lowest BCUT2D eigenvalue weighted by atomic mass is 9.96. The van der Waals surface area contributed by atoms with Gasteiger partial charge in [-0.05, 0) is 31.4 Å². The van der Waals surface area contributed by atoms with Crippen molar-refractivity contribution in [3.8, 4) is 0 Å². The lowest BCUT2D eigenvalue weighted by molar-refractivity contribution is -0.144. The highest BCUT2D eigenvalue weighted by Gasteiger charge is 2.50. The Balaban J connectivity index is 1.88. The first-order valence-corrected chi connectivity index (χ1v) is 8.49. The summed E-state index contributed by atoms with van der Waals surface area (Å²) >= 11 is 6.16. The number of halogens is 3. The van der Waals surface area contributed by atoms with Gasteiger partial charge in [-0.3, -0.25) is 4.79 Å². The highest BCUT2D eigenvalue weighted by molar-refractivity contribution is 6.32. The molecule has 0 N–H and O–H groups in total. The van der Waals surface area contributed by atoms with Crippen molar-refractivity contribution in [2.75, 3.05) is 6.54 Å². The lowest BCUT2D eigenvalue weighted by Gasteiger charge is -2.38. The maximum atomic E-state index is 14.8. The van der Waals surface area contributed by atoms with E-state index in [0.29, 0.717) is 30.1 Å². The Morgan fingerprint density at radius 2 is 2.08 bits per heavy atom. The van der Waals surface area contributed by atoms with Crippen LogP contribution in [0, 0.1) is 13.8 Å². The molecule has 1 fully saturated rings. The highest BCUT2D eigenvalue weighted by atomic mass is 35.5. The van der Waals surface area contributed by atoms with Gasteiger partial charge in [0, 0.05) is 36.7 Å². The molecule has 4 nitrogen and oxygen atoms in total. The minimum atomic E-state index is -2.97. The number of aromatic nitrogens is 2. The van der Waals surface area contributed by atoms with E-state index in [4.69, 9.17) is 11.6 Å². The largest absolute Gasteiger partial charge is 0.333 e. The average molecular weight is 354 g/mol. The van der Waals surface area contributed by atoms with Gasteiger partial charge in [-0.2, -0.15) is 0 Å². The Morgan fingerprint density at radius 3 is 2.75 bits per heavy atom. The molecule has 0 bridgehead atoms. The Morgan fingerprint density at radius 1 is 1.33 bits per heavy atom. The van der Waals surface area contributed by atoms with Crippen LogP contribution in [0.25, 0.3) is 11.0 Å². The van der Waals surface area contributed by atoms with Crippen molar-refractivity contribution in [1.29, 1.82) is 0 Å². The summed E-state index contributed by atoms with van der Waals surface area (Å²) in [6.45, 7) is 3.77. The molecule has 128 valence electrons. The fraction of sp³-hybridized carbons (Fsp3) is 0.529. The highest BCUT2D eigenvalue weighted by Crippen LogP contribution is 2.40. The van der Waals surface area contributed by atoms with Gasteiger partial charge in [0.25, 0.3) is 5.92 Å². The number of hydrogen-bond donors (Lipinski definition) is 0. The molecule has 0 radical (unpaired) electrons. The van der Waals surface area contributed by atoms with Gasteiger partial charge in [0.15, 0.2) is 0 Å². The molecule has 2 aliphatic rings. The van der Waals surface area contributed by atoms with E-state index in [9.17, 15) is 13.6 Å². The first-order chi connectivity index (χ1) is 11.3. The van der Waals surface area contributed by atoms with Crippen LogP contribution in [0.5, 0.6) is 0 Å². The van der Waals surface area contributed by atoms with Crippen molar-refractivity contribution in [2.24, 2.45) is 0 Å². The summed E-state index contributed by atoms with van der Waals surface area (Å²) in [6, 6.07) is -1.07. The van der Waals surface area contributed by atoms with Gasteiger partial charge in [0.1, 0.15) is 11.7 Å². The topological polar surface area (TPSA) is 38.1 Å². The zero-order chi connectivity index (χ0) is 17.2. The monoisotopic (exact) mass is 353 g/mol. The maximum Gasteiger partial charge on any atom is 0.285 e. The van der Waals surface area contributed by atoms with Gasteiger partial charge in [-0.1, -0.05) is 11.6 Å². The second-order valence-electron chi connectivity index (χ2n) is 6.76. The quantitative estimate of drug-likeness (QED) is 0.787. The van der Waals surface area contributed by atoms with Crippen LogP contribution in [-0.2, 0) is 17.8 Å². The normalized spacial score (nSPS) is 23.1. The number of alkyl halides is 2. The molecule has 2 aromatic rings. The molecule has 1 atom stereocenters. The molecular weight excluding hydrogens is 336 g/mol. The van der Waals surface area contributed by atoms with E-state index in [1.807, 2.05) is 13.8 Å². The molecule has 24 heavy (non-hydrogen) atoms. The summed E-state index contributed by atoms with van der Waals surface area (Å²) in [5.74, 6) is -3.14. The molecule has 1 unspecified atom stereocenters. The van der Waals surface area contributed by atoms with Crippen LogP contribution in [0.3, 0.4) is 0 Å². The van der Waals surface area contributed by atoms with Crippen molar-refractivity contribution < 1.29 is 13.6 Å². The fourth-order valence-electron chi connectivity index (χ4n) is 4.11. The van der Waals surface area contributed by atoms with Gasteiger partial charge in [-0.25, -0.2) is 13.8 Å². The molecule has 4 rings (SSSR count). The van der Waals surface area contributed by atoms with Gasteiger partial charge in [-0.15, -0.1) is 0 Å². The number of aryl methyl sites for hydroxylation is 2. The summed E-state index contributed by atoms with van der Waals surface area (Å²) in [5.41, 5.74) is 3.18. The summed E-state index contributed by atoms with van der Waals surface area (Å²) < 4.78 is 31.2. The van der Waals surface area contributed by atoms with E-state index < -0.39 is 18.5 Å². The third-order valence-electron chi connectivity index (χ3n) is 5.38. The number of carbonyl (C=O) groups is 1. The number of pyridine rings is 1. The van der Waals surface area contributed by atoms with Crippen LogP contribution in [0.15, 0.2) is 6.20 Å². The predicted molar refractivity (Wildman–Crippen MR) is 87.6 cm³/mol. The molecular formula is C17H18ClF2N3O. The summed E-state index contributed by atoms with van der Waals surface area (Å²) in [5, 5.41) is 1.38. The molecule has 7 heteroatoms. The average Bonchev–Trinajstić information content (AvgIpc) is 3.04. The number of nitrogens with zero attached hydrogens (tertiary/aromatic N) is 3. The van der Waals surface area contributed by atoms with Gasteiger partial charge in [0.05, 0.1) is 11.6 Å². The minimum absolute atomic E-state index is 0.151. The van der Waals surface area contributed by atoms with Crippen LogP contribution in [0.1, 0.15) is 29.7 Å². The maximum absolute atomic E-state index is 14.8. The Hall–Kier alpha value is -1.69. The van der Waals surface area contributed by atoms with E-state index in [0.717, 1.165) is 22.2 Å². The molecule has 0 aromatic carbocycles. The SMILES string of the molecule is Cc1c(Cl)cnc2c1c(C)c1n2CC(F)(F)C(N2CCCC2=O)C1. The van der Waals surface area contributed by atoms with E-state index >= 15 is 0 Å². The lowest BCUT2D eigenvalue weighted by Crippen LogP contribution is -2.54. The Bertz CT molecular complexity index is 861. The van der Waals surface area contributed by atoms with Gasteiger partial charge >= 0.3 is 0 Å². The van der Waals surface area contributed by atoms with Crippen LogP contribution >= 0.6 is 11.6 Å². The van der Waals surface area contributed by atoms with Gasteiger partial charge < -0.3 is 9.47 Å². The second-order valence-corrected chi connectivity index (χ2v) is 7.17. The zero-order valence-electron chi connectivity index (χ0n) is 13.6. The number of carbonyl (C=O) groups excluding carboxylic acids is 1. The predicted octanol–water partition coefficient (Wildman–Crippen LogP) is 3.49. The van der Waals surface area contributed by atoms with E-state index in [-0.39, 0.29) is 12.3 Å². The summed E-state index contributed by atoms with van der Waals surface area (Å²) in [7, 11) is 0. The summed E-state index contributed by atoms with van der Waals surface area (Å²) in [6.07, 6.45) is 2.69. The number of rotatable bonds is 1. The zero-order valence-corrected chi connectivity index (χ0v) is 14.3. The summed E-state index contributed by atoms with van der Waals surface area (Å²) in [4.78, 5) is 17.6. The standard InChI is InChI=1S/C17H18ClF2N3O/c1-9-11(18)7-21-16-15(9)10(2)12-6-13(17(19,20)8-23(12)16)22-5-3-4-14(22)24/h7,13H,3-6,8H2,1-2H3. The third kappa shape index (κ3) is 2.08. The number of hydrogen-bond acceptors (Lipinski definition) is 2. The first-order valence-electron chi connectivity index (χ1n) is 8.11. The van der Waals surface area contributed by atoms with Gasteiger partial charge in [0.2, 0.25) is 5.91 Å². The Labute approximate surface area is 143 Å². The van der Waals surface area contributed by atoms with Crippen molar-refractivity contribution in [3.05, 3.63) is 28.0 Å². The van der Waals surface area contributed by atoms with Crippen molar-refractivity contribution in [3.63, 3.8) is 0 Å². The Kier molecular flexibility index (Phi) is 3.39. The molecule has 0 saturated carbocycles. The molecule has 1 amide bonds. The fourth-order valence-corrected chi connectivity index (χ4v) is 4.26. The smallest absolute Gasteiger partial charge is 0.285 e. The molecule has 2 aliphatic heterocycles. The van der Waals surface area contributed by atoms with E-state index in [1.165, 1.54) is 11.1 Å². The number of amides is 1. The first kappa shape index (κ1) is 15.8. The molecule has 1 saturated heterocycles. The molecule has 0 aliphatic carbocycles.